The van der Waals surface area contributed by atoms with Crippen molar-refractivity contribution in [1.29, 1.82) is 0 Å². The van der Waals surface area contributed by atoms with Crippen molar-refractivity contribution in [1.82, 2.24) is 14.5 Å². The molecule has 6 nitrogen and oxygen atoms in total. The molecule has 1 aliphatic heterocycles. The number of rotatable bonds is 5. The maximum absolute atomic E-state index is 13.3. The lowest BCUT2D eigenvalue weighted by Crippen LogP contribution is -2.35. The van der Waals surface area contributed by atoms with Gasteiger partial charge in [-0.25, -0.2) is 4.98 Å². The van der Waals surface area contributed by atoms with Gasteiger partial charge in [0, 0.05) is 24.6 Å². The topological polar surface area (TPSA) is 68.1 Å². The zero-order valence-electron chi connectivity index (χ0n) is 17.6. The monoisotopic (exact) mass is 442 g/mol. The molecule has 160 valence electrons. The number of aromatic nitrogens is 3. The van der Waals surface area contributed by atoms with Crippen LogP contribution >= 0.6 is 11.8 Å². The first-order chi connectivity index (χ1) is 15.6. The van der Waals surface area contributed by atoms with Crippen LogP contribution in [-0.2, 0) is 17.8 Å². The molecule has 0 fully saturated rings. The van der Waals surface area contributed by atoms with Gasteiger partial charge in [-0.15, -0.1) is 0 Å². The molecule has 0 saturated carbocycles. The van der Waals surface area contributed by atoms with Crippen LogP contribution < -0.4 is 10.5 Å². The maximum atomic E-state index is 13.3. The summed E-state index contributed by atoms with van der Waals surface area (Å²) in [6, 6.07) is 19.1. The Hall–Kier alpha value is -3.45. The van der Waals surface area contributed by atoms with Gasteiger partial charge in [-0.1, -0.05) is 42.1 Å². The van der Waals surface area contributed by atoms with E-state index in [9.17, 15) is 9.59 Å². The number of fused-ring (bicyclic) bond motifs is 2. The minimum absolute atomic E-state index is 0.0258. The minimum atomic E-state index is -0.391. The summed E-state index contributed by atoms with van der Waals surface area (Å²) >= 11 is 1.33. The van der Waals surface area contributed by atoms with E-state index < -0.39 is 5.25 Å². The average Bonchev–Trinajstić information content (AvgIpc) is 3.26. The van der Waals surface area contributed by atoms with Crippen LogP contribution in [0.3, 0.4) is 0 Å². The lowest BCUT2D eigenvalue weighted by Gasteiger charge is -2.22. The molecule has 0 unspecified atom stereocenters. The number of hydrogen-bond acceptors (Lipinski definition) is 5. The van der Waals surface area contributed by atoms with Crippen LogP contribution in [0.15, 0.2) is 83.0 Å². The number of amides is 1. The largest absolute Gasteiger partial charge is 0.311 e. The number of thioether (sulfide) groups is 1. The molecule has 1 amide bonds. The third-order valence-corrected chi connectivity index (χ3v) is 6.78. The molecule has 7 heteroatoms. The fourth-order valence-corrected chi connectivity index (χ4v) is 5.01. The van der Waals surface area contributed by atoms with Crippen LogP contribution in [0.2, 0.25) is 0 Å². The van der Waals surface area contributed by atoms with Gasteiger partial charge in [-0.2, -0.15) is 0 Å². The minimum Gasteiger partial charge on any atom is -0.311 e. The highest BCUT2D eigenvalue weighted by atomic mass is 32.2. The smallest absolute Gasteiger partial charge is 0.262 e. The van der Waals surface area contributed by atoms with Crippen LogP contribution in [0.4, 0.5) is 5.69 Å². The Morgan fingerprint density at radius 2 is 1.81 bits per heavy atom. The second kappa shape index (κ2) is 8.59. The van der Waals surface area contributed by atoms with Crippen LogP contribution in [0.5, 0.6) is 0 Å². The third-order valence-electron chi connectivity index (χ3n) is 5.70. The van der Waals surface area contributed by atoms with Gasteiger partial charge in [0.15, 0.2) is 5.16 Å². The molecule has 0 aliphatic carbocycles. The van der Waals surface area contributed by atoms with Gasteiger partial charge in [0.1, 0.15) is 0 Å². The lowest BCUT2D eigenvalue weighted by atomic mass is 10.2. The number of benzene rings is 2. The highest BCUT2D eigenvalue weighted by molar-refractivity contribution is 8.00. The predicted molar refractivity (Wildman–Crippen MR) is 127 cm³/mol. The van der Waals surface area contributed by atoms with E-state index in [4.69, 9.17) is 4.98 Å². The molecule has 2 aromatic heterocycles. The summed E-state index contributed by atoms with van der Waals surface area (Å²) in [6.45, 7) is 2.93. The van der Waals surface area contributed by atoms with Crippen molar-refractivity contribution in [2.24, 2.45) is 0 Å². The lowest BCUT2D eigenvalue weighted by molar-refractivity contribution is -0.117. The SMILES string of the molecule is C[C@H](Sc1nc2ccccc2c(=O)n1Cc1ccncc1)C(=O)N1CCc2ccccc21. The molecule has 0 radical (unpaired) electrons. The first-order valence-corrected chi connectivity index (χ1v) is 11.4. The Kier molecular flexibility index (Phi) is 5.49. The van der Waals surface area contributed by atoms with E-state index in [0.29, 0.717) is 29.1 Å². The van der Waals surface area contributed by atoms with Crippen LogP contribution in [0.25, 0.3) is 10.9 Å². The molecule has 2 aromatic carbocycles. The summed E-state index contributed by atoms with van der Waals surface area (Å²) in [5.41, 5.74) is 3.65. The number of nitrogens with zero attached hydrogens (tertiary/aromatic N) is 4. The first-order valence-electron chi connectivity index (χ1n) is 10.6. The van der Waals surface area contributed by atoms with E-state index in [-0.39, 0.29) is 11.5 Å². The molecule has 3 heterocycles. The summed E-state index contributed by atoms with van der Waals surface area (Å²) in [5.74, 6) is 0.0258. The number of carbonyl (C=O) groups excluding carboxylic acids is 1. The Balaban J connectivity index is 1.49. The molecule has 0 saturated heterocycles. The molecule has 32 heavy (non-hydrogen) atoms. The highest BCUT2D eigenvalue weighted by Gasteiger charge is 2.29. The normalized spacial score (nSPS) is 13.8. The Bertz CT molecular complexity index is 1350. The molecule has 4 aromatic rings. The number of hydrogen-bond donors (Lipinski definition) is 0. The van der Waals surface area contributed by atoms with Crippen molar-refractivity contribution in [3.8, 4) is 0 Å². The summed E-state index contributed by atoms with van der Waals surface area (Å²) in [5, 5.41) is 0.718. The number of para-hydroxylation sites is 2. The van der Waals surface area contributed by atoms with Crippen molar-refractivity contribution in [2.75, 3.05) is 11.4 Å². The fourth-order valence-electron chi connectivity index (χ4n) is 4.04. The van der Waals surface area contributed by atoms with E-state index in [1.165, 1.54) is 17.3 Å². The van der Waals surface area contributed by atoms with E-state index >= 15 is 0 Å². The Morgan fingerprint density at radius 1 is 1.06 bits per heavy atom. The first kappa shape index (κ1) is 20.5. The van der Waals surface area contributed by atoms with E-state index in [1.54, 1.807) is 23.0 Å². The van der Waals surface area contributed by atoms with E-state index in [2.05, 4.69) is 11.1 Å². The summed E-state index contributed by atoms with van der Waals surface area (Å²) in [7, 11) is 0. The highest BCUT2D eigenvalue weighted by Crippen LogP contribution is 2.31. The third kappa shape index (κ3) is 3.80. The number of carbonyl (C=O) groups is 1. The van der Waals surface area contributed by atoms with Gasteiger partial charge in [0.2, 0.25) is 5.91 Å². The molecular weight excluding hydrogens is 420 g/mol. The quantitative estimate of drug-likeness (QED) is 0.346. The van der Waals surface area contributed by atoms with Gasteiger partial charge < -0.3 is 4.90 Å². The summed E-state index contributed by atoms with van der Waals surface area (Å²) in [4.78, 5) is 37.3. The van der Waals surface area contributed by atoms with Crippen molar-refractivity contribution in [3.63, 3.8) is 0 Å². The Morgan fingerprint density at radius 3 is 2.66 bits per heavy atom. The van der Waals surface area contributed by atoms with Gasteiger partial charge in [0.25, 0.3) is 5.56 Å². The van der Waals surface area contributed by atoms with Crippen LogP contribution in [-0.4, -0.2) is 32.2 Å². The predicted octanol–water partition coefficient (Wildman–Crippen LogP) is 3.91. The zero-order valence-corrected chi connectivity index (χ0v) is 18.5. The number of anilines is 1. The summed E-state index contributed by atoms with van der Waals surface area (Å²) in [6.07, 6.45) is 4.28. The van der Waals surface area contributed by atoms with E-state index in [0.717, 1.165) is 17.7 Å². The fraction of sp³-hybridized carbons (Fsp3) is 0.200. The van der Waals surface area contributed by atoms with Crippen LogP contribution in [0, 0.1) is 0 Å². The van der Waals surface area contributed by atoms with E-state index in [1.807, 2.05) is 60.4 Å². The van der Waals surface area contributed by atoms with Gasteiger partial charge >= 0.3 is 0 Å². The average molecular weight is 443 g/mol. The molecule has 0 bridgehead atoms. The molecule has 0 spiro atoms. The maximum Gasteiger partial charge on any atom is 0.262 e. The van der Waals surface area contributed by atoms with Crippen molar-refractivity contribution >= 4 is 34.3 Å². The van der Waals surface area contributed by atoms with Gasteiger partial charge in [0.05, 0.1) is 22.7 Å². The van der Waals surface area contributed by atoms with Gasteiger partial charge in [-0.3, -0.25) is 19.1 Å². The van der Waals surface area contributed by atoms with Crippen molar-refractivity contribution < 1.29 is 4.79 Å². The molecule has 5 rings (SSSR count). The Labute approximate surface area is 189 Å². The summed E-state index contributed by atoms with van der Waals surface area (Å²) < 4.78 is 1.66. The van der Waals surface area contributed by atoms with Gasteiger partial charge in [-0.05, 0) is 54.8 Å². The molecule has 1 atom stereocenters. The van der Waals surface area contributed by atoms with Crippen LogP contribution in [0.1, 0.15) is 18.1 Å². The number of pyridine rings is 1. The van der Waals surface area contributed by atoms with Crippen molar-refractivity contribution in [2.45, 2.75) is 30.3 Å². The molecule has 0 N–H and O–H groups in total. The standard InChI is InChI=1S/C25H22N4O2S/c1-17(23(30)28-15-12-19-6-2-5-9-22(19)28)32-25-27-21-8-4-3-7-20(21)24(31)29(25)16-18-10-13-26-14-11-18/h2-11,13-14,17H,12,15-16H2,1H3/t17-/m0/s1. The second-order valence-corrected chi connectivity index (χ2v) is 9.09. The van der Waals surface area contributed by atoms with Crippen molar-refractivity contribution in [3.05, 3.63) is 94.5 Å². The molecular formula is C25H22N4O2S. The second-order valence-electron chi connectivity index (χ2n) is 7.79. The zero-order chi connectivity index (χ0) is 22.1. The molecule has 1 aliphatic rings.